The van der Waals surface area contributed by atoms with Crippen LogP contribution in [0.2, 0.25) is 0 Å². The molecule has 2 heterocycles. The summed E-state index contributed by atoms with van der Waals surface area (Å²) in [5, 5.41) is 22.7. The van der Waals surface area contributed by atoms with Gasteiger partial charge >= 0.3 is 0 Å². The van der Waals surface area contributed by atoms with E-state index in [4.69, 9.17) is 14.7 Å². The molecule has 0 aliphatic carbocycles. The maximum absolute atomic E-state index is 13.6. The number of nitriles is 1. The van der Waals surface area contributed by atoms with Gasteiger partial charge in [0.1, 0.15) is 18.5 Å². The fraction of sp³-hybridized carbons (Fsp3) is 0.406. The molecule has 2 aliphatic rings. The average Bonchev–Trinajstić information content (AvgIpc) is 3.45. The molecular weight excluding hydrogens is 617 g/mol. The van der Waals surface area contributed by atoms with Crippen molar-refractivity contribution in [3.05, 3.63) is 78.4 Å². The van der Waals surface area contributed by atoms with Crippen LogP contribution in [0.25, 0.3) is 11.1 Å². The predicted octanol–water partition coefficient (Wildman–Crippen LogP) is 2.67. The van der Waals surface area contributed by atoms with Crippen molar-refractivity contribution in [2.24, 2.45) is 0 Å². The molecule has 0 bridgehead atoms. The zero-order chi connectivity index (χ0) is 32.1. The number of sulfonamides is 2. The highest BCUT2D eigenvalue weighted by Gasteiger charge is 2.44. The summed E-state index contributed by atoms with van der Waals surface area (Å²) in [7, 11) is -5.96. The Morgan fingerprint density at radius 3 is 2.44 bits per heavy atom. The van der Waals surface area contributed by atoms with E-state index in [1.54, 1.807) is 30.3 Å². The zero-order valence-corrected chi connectivity index (χ0v) is 26.7. The predicted molar refractivity (Wildman–Crippen MR) is 168 cm³/mol. The highest BCUT2D eigenvalue weighted by Crippen LogP contribution is 2.37. The largest absolute Gasteiger partial charge is 0.491 e. The molecule has 0 saturated carbocycles. The molecule has 0 unspecified atom stereocenters. The molecule has 45 heavy (non-hydrogen) atoms. The number of aliphatic hydroxyl groups excluding tert-OH is 1. The van der Waals surface area contributed by atoms with Crippen molar-refractivity contribution in [3.63, 3.8) is 0 Å². The molecule has 2 saturated heterocycles. The van der Waals surface area contributed by atoms with E-state index in [-0.39, 0.29) is 29.0 Å². The fourth-order valence-corrected chi connectivity index (χ4v) is 8.01. The van der Waals surface area contributed by atoms with E-state index in [1.807, 2.05) is 30.3 Å². The van der Waals surface area contributed by atoms with Crippen molar-refractivity contribution >= 4 is 20.0 Å². The van der Waals surface area contributed by atoms with Gasteiger partial charge in [-0.2, -0.15) is 9.57 Å². The first-order valence-electron chi connectivity index (χ1n) is 14.8. The van der Waals surface area contributed by atoms with Crippen molar-refractivity contribution in [2.45, 2.75) is 53.2 Å². The summed E-state index contributed by atoms with van der Waals surface area (Å²) < 4.78 is 66.7. The molecule has 5 rings (SSSR count). The van der Waals surface area contributed by atoms with E-state index >= 15 is 0 Å². The molecule has 2 aliphatic heterocycles. The van der Waals surface area contributed by atoms with Gasteiger partial charge in [-0.15, -0.1) is 0 Å². The normalized spacial score (nSPS) is 19.3. The van der Waals surface area contributed by atoms with E-state index in [1.165, 1.54) is 23.5 Å². The zero-order valence-electron chi connectivity index (χ0n) is 25.1. The lowest BCUT2D eigenvalue weighted by Gasteiger charge is -2.38. The van der Waals surface area contributed by atoms with Gasteiger partial charge in [0, 0.05) is 31.7 Å². The Hall–Kier alpha value is -3.35. The minimum atomic E-state index is -3.70. The van der Waals surface area contributed by atoms with Gasteiger partial charge in [-0.3, -0.25) is 0 Å². The standard InChI is InChI=1S/C32H38N4O7S2/c1-34-44(38,39)30-6-3-5-29(19-30)42-23-28(37)21-35-27-20-32(43-22-27)13-16-36(17-14-32)45(40,41)31-7-2-4-26(18-31)25-10-8-24(9-11-25)12-15-33/h2-11,18-19,27-28,34-35,37H,12-14,16-17,20-23H2,1H3/t27-,28-/m0/s1. The van der Waals surface area contributed by atoms with Crippen LogP contribution in [-0.4, -0.2) is 83.9 Å². The lowest BCUT2D eigenvalue weighted by molar-refractivity contribution is -0.0312. The summed E-state index contributed by atoms with van der Waals surface area (Å²) >= 11 is 0. The minimum Gasteiger partial charge on any atom is -0.491 e. The lowest BCUT2D eigenvalue weighted by atomic mass is 9.88. The van der Waals surface area contributed by atoms with Crippen molar-refractivity contribution in [3.8, 4) is 22.9 Å². The molecule has 13 heteroatoms. The molecule has 2 fully saturated rings. The second-order valence-electron chi connectivity index (χ2n) is 11.4. The molecule has 0 radical (unpaired) electrons. The molecule has 1 spiro atoms. The van der Waals surface area contributed by atoms with Crippen molar-refractivity contribution < 1.29 is 31.4 Å². The van der Waals surface area contributed by atoms with E-state index in [2.05, 4.69) is 16.1 Å². The maximum Gasteiger partial charge on any atom is 0.243 e. The third-order valence-electron chi connectivity index (χ3n) is 8.35. The van der Waals surface area contributed by atoms with Crippen molar-refractivity contribution in [1.29, 1.82) is 5.26 Å². The first kappa shape index (κ1) is 33.0. The molecule has 0 aromatic heterocycles. The Balaban J connectivity index is 1.10. The monoisotopic (exact) mass is 654 g/mol. The summed E-state index contributed by atoms with van der Waals surface area (Å²) in [5.41, 5.74) is 2.17. The van der Waals surface area contributed by atoms with Gasteiger partial charge in [0.15, 0.2) is 0 Å². The Bertz CT molecular complexity index is 1730. The Kier molecular flexibility index (Phi) is 10.2. The Morgan fingerprint density at radius 2 is 1.73 bits per heavy atom. The molecule has 3 aromatic rings. The number of hydrogen-bond donors (Lipinski definition) is 3. The van der Waals surface area contributed by atoms with Crippen LogP contribution < -0.4 is 14.8 Å². The first-order valence-corrected chi connectivity index (χ1v) is 17.7. The summed E-state index contributed by atoms with van der Waals surface area (Å²) in [5.74, 6) is 0.340. The molecular formula is C32H38N4O7S2. The van der Waals surface area contributed by atoms with E-state index in [0.29, 0.717) is 51.1 Å². The number of aliphatic hydroxyl groups is 1. The molecule has 3 N–H and O–H groups in total. The molecule has 0 amide bonds. The fourth-order valence-electron chi connectivity index (χ4n) is 5.75. The van der Waals surface area contributed by atoms with Crippen LogP contribution in [0.3, 0.4) is 0 Å². The third kappa shape index (κ3) is 7.90. The Morgan fingerprint density at radius 1 is 1.02 bits per heavy atom. The number of piperidine rings is 1. The second kappa shape index (κ2) is 14.0. The molecule has 3 aromatic carbocycles. The Labute approximate surface area is 264 Å². The number of hydrogen-bond acceptors (Lipinski definition) is 9. The lowest BCUT2D eigenvalue weighted by Crippen LogP contribution is -2.47. The SMILES string of the molecule is CNS(=O)(=O)c1cccc(OC[C@@H](O)CN[C@@H]2COC3(CCN(S(=O)(=O)c4cccc(-c5ccc(CC#N)cc5)c4)CC3)C2)c1. The van der Waals surface area contributed by atoms with Crippen LogP contribution in [0.15, 0.2) is 82.6 Å². The summed E-state index contributed by atoms with van der Waals surface area (Å²) in [6.07, 6.45) is 1.34. The van der Waals surface area contributed by atoms with Gasteiger partial charge in [-0.1, -0.05) is 42.5 Å². The highest BCUT2D eigenvalue weighted by molar-refractivity contribution is 7.89. The first-order chi connectivity index (χ1) is 21.5. The minimum absolute atomic E-state index is 0.00290. The van der Waals surface area contributed by atoms with Crippen LogP contribution in [0.1, 0.15) is 24.8 Å². The van der Waals surface area contributed by atoms with Crippen LogP contribution in [0.5, 0.6) is 5.75 Å². The van der Waals surface area contributed by atoms with Gasteiger partial charge in [0.2, 0.25) is 20.0 Å². The number of nitrogens with one attached hydrogen (secondary N) is 2. The maximum atomic E-state index is 13.6. The van der Waals surface area contributed by atoms with Crippen LogP contribution in [0, 0.1) is 11.3 Å². The number of rotatable bonds is 12. The summed E-state index contributed by atoms with van der Waals surface area (Å²) in [4.78, 5) is 0.325. The van der Waals surface area contributed by atoms with Crippen molar-refractivity contribution in [2.75, 3.05) is 39.9 Å². The summed E-state index contributed by atoms with van der Waals surface area (Å²) in [6.45, 7) is 1.40. The molecule has 2 atom stereocenters. The van der Waals surface area contributed by atoms with Crippen LogP contribution in [0.4, 0.5) is 0 Å². The average molecular weight is 655 g/mol. The van der Waals surface area contributed by atoms with Gasteiger partial charge in [0.05, 0.1) is 34.5 Å². The highest BCUT2D eigenvalue weighted by atomic mass is 32.2. The number of benzene rings is 3. The van der Waals surface area contributed by atoms with E-state index in [0.717, 1.165) is 16.7 Å². The number of ether oxygens (including phenoxy) is 2. The molecule has 240 valence electrons. The summed E-state index contributed by atoms with van der Waals surface area (Å²) in [6, 6.07) is 22.7. The van der Waals surface area contributed by atoms with E-state index < -0.39 is 31.8 Å². The van der Waals surface area contributed by atoms with Crippen molar-refractivity contribution in [1.82, 2.24) is 14.3 Å². The van der Waals surface area contributed by atoms with E-state index in [9.17, 15) is 21.9 Å². The topological polar surface area (TPSA) is 158 Å². The van der Waals surface area contributed by atoms with Crippen LogP contribution >= 0.6 is 0 Å². The van der Waals surface area contributed by atoms with Gasteiger partial charge < -0.3 is 19.9 Å². The molecule has 11 nitrogen and oxygen atoms in total. The van der Waals surface area contributed by atoms with Gasteiger partial charge in [-0.25, -0.2) is 21.6 Å². The smallest absolute Gasteiger partial charge is 0.243 e. The van der Waals surface area contributed by atoms with Gasteiger partial charge in [-0.05, 0) is 67.3 Å². The second-order valence-corrected chi connectivity index (χ2v) is 15.2. The number of nitrogens with zero attached hydrogens (tertiary/aromatic N) is 2. The quantitative estimate of drug-likeness (QED) is 0.267. The van der Waals surface area contributed by atoms with Crippen LogP contribution in [-0.2, 0) is 31.2 Å². The van der Waals surface area contributed by atoms with Gasteiger partial charge in [0.25, 0.3) is 0 Å². The third-order valence-corrected chi connectivity index (χ3v) is 11.7.